The molecule has 0 aromatic heterocycles. The molecular weight excluding hydrogens is 242 g/mol. The van der Waals surface area contributed by atoms with E-state index in [1.165, 1.54) is 0 Å². The van der Waals surface area contributed by atoms with Crippen LogP contribution in [0.2, 0.25) is 0 Å². The van der Waals surface area contributed by atoms with Gasteiger partial charge >= 0.3 is 12.4 Å². The van der Waals surface area contributed by atoms with Gasteiger partial charge in [-0.15, -0.1) is 0 Å². The second-order valence-electron chi connectivity index (χ2n) is 2.84. The minimum absolute atomic E-state index is 0.342. The molecule has 0 atom stereocenters. The van der Waals surface area contributed by atoms with E-state index in [1.54, 1.807) is 0 Å². The fourth-order valence-electron chi connectivity index (χ4n) is 1.00. The molecule has 2 nitrogen and oxygen atoms in total. The molecule has 0 fully saturated rings. The molecule has 0 aromatic rings. The summed E-state index contributed by atoms with van der Waals surface area (Å²) in [6.45, 7) is 0. The van der Waals surface area contributed by atoms with E-state index >= 15 is 0 Å². The lowest BCUT2D eigenvalue weighted by Crippen LogP contribution is -2.29. The van der Waals surface area contributed by atoms with Gasteiger partial charge in [0.15, 0.2) is 11.6 Å². The summed E-state index contributed by atoms with van der Waals surface area (Å²) in [5.41, 5.74) is -3.80. The van der Waals surface area contributed by atoms with E-state index < -0.39 is 35.1 Å². The number of allylic oxidation sites excluding steroid dienone is 4. The summed E-state index contributed by atoms with van der Waals surface area (Å²) in [5.74, 6) is -3.75. The van der Waals surface area contributed by atoms with Crippen molar-refractivity contribution in [3.8, 4) is 0 Å². The SMILES string of the molecule is O=C1C=C(C(F)(F)F)C(=O)C=C1C(F)(F)F. The van der Waals surface area contributed by atoms with E-state index in [9.17, 15) is 35.9 Å². The van der Waals surface area contributed by atoms with Crippen LogP contribution in [-0.4, -0.2) is 23.9 Å². The lowest BCUT2D eigenvalue weighted by atomic mass is 9.96. The Morgan fingerprint density at radius 2 is 0.938 bits per heavy atom. The Bertz CT molecular complexity index is 369. The van der Waals surface area contributed by atoms with Crippen LogP contribution in [0.5, 0.6) is 0 Å². The summed E-state index contributed by atoms with van der Waals surface area (Å²) in [5, 5.41) is 0. The Kier molecular flexibility index (Phi) is 2.70. The molecule has 1 aliphatic rings. The Morgan fingerprint density at radius 3 is 1.12 bits per heavy atom. The Balaban J connectivity index is 3.17. The van der Waals surface area contributed by atoms with Gasteiger partial charge in [0.1, 0.15) is 11.1 Å². The minimum atomic E-state index is -5.14. The van der Waals surface area contributed by atoms with E-state index in [0.29, 0.717) is 0 Å². The largest absolute Gasteiger partial charge is 0.420 e. The molecule has 0 N–H and O–H groups in total. The van der Waals surface area contributed by atoms with Crippen LogP contribution in [0, 0.1) is 0 Å². The highest BCUT2D eigenvalue weighted by molar-refractivity contribution is 6.21. The molecule has 0 amide bonds. The van der Waals surface area contributed by atoms with Gasteiger partial charge in [-0.1, -0.05) is 0 Å². The summed E-state index contributed by atoms with van der Waals surface area (Å²) in [4.78, 5) is 21.5. The van der Waals surface area contributed by atoms with Crippen molar-refractivity contribution in [1.29, 1.82) is 0 Å². The minimum Gasteiger partial charge on any atom is -0.289 e. The zero-order chi connectivity index (χ0) is 12.7. The summed E-state index contributed by atoms with van der Waals surface area (Å²) in [7, 11) is 0. The molecule has 16 heavy (non-hydrogen) atoms. The third-order valence-corrected chi connectivity index (χ3v) is 1.69. The quantitative estimate of drug-likeness (QED) is 0.483. The van der Waals surface area contributed by atoms with Crippen LogP contribution in [0.25, 0.3) is 0 Å². The van der Waals surface area contributed by atoms with Gasteiger partial charge in [0.2, 0.25) is 0 Å². The van der Waals surface area contributed by atoms with Crippen molar-refractivity contribution in [2.75, 3.05) is 0 Å². The van der Waals surface area contributed by atoms with Crippen LogP contribution in [0.3, 0.4) is 0 Å². The Hall–Kier alpha value is -1.60. The van der Waals surface area contributed by atoms with E-state index in [0.717, 1.165) is 0 Å². The number of rotatable bonds is 0. The maximum Gasteiger partial charge on any atom is 0.420 e. The average Bonchev–Trinajstić information content (AvgIpc) is 2.04. The molecule has 0 saturated carbocycles. The van der Waals surface area contributed by atoms with Crippen molar-refractivity contribution < 1.29 is 35.9 Å². The zero-order valence-corrected chi connectivity index (χ0v) is 7.24. The second-order valence-corrected chi connectivity index (χ2v) is 2.84. The van der Waals surface area contributed by atoms with Gasteiger partial charge in [-0.05, 0) is 0 Å². The van der Waals surface area contributed by atoms with Crippen molar-refractivity contribution in [3.05, 3.63) is 23.3 Å². The first-order valence-corrected chi connectivity index (χ1v) is 3.70. The van der Waals surface area contributed by atoms with Crippen LogP contribution in [-0.2, 0) is 9.59 Å². The fourth-order valence-corrected chi connectivity index (χ4v) is 1.00. The first-order valence-electron chi connectivity index (χ1n) is 3.70. The van der Waals surface area contributed by atoms with Gasteiger partial charge in [-0.3, -0.25) is 9.59 Å². The lowest BCUT2D eigenvalue weighted by molar-refractivity contribution is -0.133. The second kappa shape index (κ2) is 3.46. The van der Waals surface area contributed by atoms with Crippen LogP contribution in [0.15, 0.2) is 23.3 Å². The number of carbonyl (C=O) groups excluding carboxylic acids is 2. The highest BCUT2D eigenvalue weighted by atomic mass is 19.4. The van der Waals surface area contributed by atoms with E-state index in [2.05, 4.69) is 0 Å². The van der Waals surface area contributed by atoms with Crippen molar-refractivity contribution in [2.24, 2.45) is 0 Å². The van der Waals surface area contributed by atoms with E-state index in [-0.39, 0.29) is 12.2 Å². The molecule has 0 saturated heterocycles. The summed E-state index contributed by atoms with van der Waals surface area (Å²) >= 11 is 0. The highest BCUT2D eigenvalue weighted by Gasteiger charge is 2.46. The smallest absolute Gasteiger partial charge is 0.289 e. The molecule has 8 heteroatoms. The predicted molar refractivity (Wildman–Crippen MR) is 38.3 cm³/mol. The third-order valence-electron chi connectivity index (χ3n) is 1.69. The van der Waals surface area contributed by atoms with Crippen LogP contribution in [0.4, 0.5) is 26.3 Å². The fraction of sp³-hybridized carbons (Fsp3) is 0.250. The van der Waals surface area contributed by atoms with E-state index in [4.69, 9.17) is 0 Å². The zero-order valence-electron chi connectivity index (χ0n) is 7.24. The molecule has 0 unspecified atom stereocenters. The number of ketones is 2. The Morgan fingerprint density at radius 1 is 0.688 bits per heavy atom. The van der Waals surface area contributed by atoms with Gasteiger partial charge in [0.05, 0.1) is 0 Å². The summed E-state index contributed by atoms with van der Waals surface area (Å²) in [6.07, 6.45) is -11.0. The van der Waals surface area contributed by atoms with Crippen molar-refractivity contribution >= 4 is 11.6 Å². The lowest BCUT2D eigenvalue weighted by Gasteiger charge is -2.15. The first kappa shape index (κ1) is 12.5. The molecule has 0 spiro atoms. The van der Waals surface area contributed by atoms with Crippen LogP contribution >= 0.6 is 0 Å². The van der Waals surface area contributed by atoms with Gasteiger partial charge in [0, 0.05) is 12.2 Å². The van der Waals surface area contributed by atoms with Gasteiger partial charge in [-0.2, -0.15) is 26.3 Å². The Labute approximate surface area is 84.2 Å². The molecule has 0 aromatic carbocycles. The number of halogens is 6. The third kappa shape index (κ3) is 2.31. The first-order chi connectivity index (χ1) is 7.03. The molecule has 0 radical (unpaired) electrons. The summed E-state index contributed by atoms with van der Waals surface area (Å²) < 4.78 is 72.2. The standard InChI is InChI=1S/C8H2F6O2/c9-7(10,11)3-1-5(15)4(2-6(3)16)8(12,13)14/h1-2H. The molecular formula is C8H2F6O2. The predicted octanol–water partition coefficient (Wildman–Crippen LogP) is 2.12. The van der Waals surface area contributed by atoms with Crippen molar-refractivity contribution in [1.82, 2.24) is 0 Å². The monoisotopic (exact) mass is 244 g/mol. The van der Waals surface area contributed by atoms with Crippen molar-refractivity contribution in [2.45, 2.75) is 12.4 Å². The highest BCUT2D eigenvalue weighted by Crippen LogP contribution is 2.34. The van der Waals surface area contributed by atoms with Crippen LogP contribution < -0.4 is 0 Å². The topological polar surface area (TPSA) is 34.1 Å². The maximum atomic E-state index is 12.0. The number of alkyl halides is 6. The van der Waals surface area contributed by atoms with Gasteiger partial charge in [-0.25, -0.2) is 0 Å². The van der Waals surface area contributed by atoms with Gasteiger partial charge < -0.3 is 0 Å². The number of hydrogen-bond acceptors (Lipinski definition) is 2. The van der Waals surface area contributed by atoms with Gasteiger partial charge in [0.25, 0.3) is 0 Å². The maximum absolute atomic E-state index is 12.0. The molecule has 0 bridgehead atoms. The normalized spacial score (nSPS) is 18.4. The molecule has 1 aliphatic carbocycles. The number of carbonyl (C=O) groups is 2. The number of hydrogen-bond donors (Lipinski definition) is 0. The van der Waals surface area contributed by atoms with E-state index in [1.807, 2.05) is 0 Å². The van der Waals surface area contributed by atoms with Crippen LogP contribution in [0.1, 0.15) is 0 Å². The van der Waals surface area contributed by atoms with Crippen molar-refractivity contribution in [3.63, 3.8) is 0 Å². The average molecular weight is 244 g/mol. The summed E-state index contributed by atoms with van der Waals surface area (Å²) in [6, 6.07) is 0. The molecule has 0 aliphatic heterocycles. The molecule has 88 valence electrons. The molecule has 1 rings (SSSR count). The molecule has 0 heterocycles.